The Balaban J connectivity index is 1.97. The number of aromatic nitrogens is 1. The van der Waals surface area contributed by atoms with Gasteiger partial charge >= 0.3 is 6.03 Å². The Kier molecular flexibility index (Phi) is 5.08. The van der Waals surface area contributed by atoms with E-state index in [1.165, 1.54) is 0 Å². The maximum Gasteiger partial charge on any atom is 0.315 e. The van der Waals surface area contributed by atoms with E-state index in [9.17, 15) is 13.6 Å². The lowest BCUT2D eigenvalue weighted by atomic mass is 10.0. The van der Waals surface area contributed by atoms with Gasteiger partial charge in [-0.25, -0.2) is 13.6 Å². The van der Waals surface area contributed by atoms with Crippen LogP contribution in [0.2, 0.25) is 0 Å². The van der Waals surface area contributed by atoms with E-state index in [2.05, 4.69) is 15.8 Å². The molecule has 0 saturated heterocycles. The molecule has 1 heterocycles. The number of nitrogens with zero attached hydrogens (tertiary/aromatic N) is 1. The number of carbonyl (C=O) groups excluding carboxylic acids is 1. The molecule has 2 N–H and O–H groups in total. The fraction of sp³-hybridized carbons (Fsp3) is 0.333. The molecule has 0 bridgehead atoms. The Morgan fingerprint density at radius 2 is 2.14 bits per heavy atom. The molecule has 1 aromatic carbocycles. The van der Waals surface area contributed by atoms with Gasteiger partial charge in [0.05, 0.1) is 18.3 Å². The van der Waals surface area contributed by atoms with Crippen LogP contribution in [0.1, 0.15) is 36.4 Å². The van der Waals surface area contributed by atoms with Crippen molar-refractivity contribution in [3.8, 4) is 0 Å². The first-order valence-corrected chi connectivity index (χ1v) is 6.91. The molecule has 1 atom stereocenters. The first kappa shape index (κ1) is 15.9. The summed E-state index contributed by atoms with van der Waals surface area (Å²) < 4.78 is 32.0. The number of amides is 2. The number of benzene rings is 1. The molecule has 22 heavy (non-hydrogen) atoms. The van der Waals surface area contributed by atoms with Crippen LogP contribution in [0.5, 0.6) is 0 Å². The molecule has 0 aliphatic rings. The first-order valence-electron chi connectivity index (χ1n) is 6.91. The smallest absolute Gasteiger partial charge is 0.315 e. The van der Waals surface area contributed by atoms with Gasteiger partial charge in [0.15, 0.2) is 5.76 Å². The highest BCUT2D eigenvalue weighted by Crippen LogP contribution is 2.21. The number of halogens is 2. The molecule has 0 unspecified atom stereocenters. The average molecular weight is 309 g/mol. The molecular weight excluding hydrogens is 292 g/mol. The standard InChI is InChI=1S/C15H17F2N3O2/c1-3-14(12-7-10(16)4-5-13(12)17)19-15(21)18-8-11-6-9(2)20-22-11/h4-7,14H,3,8H2,1-2H3,(H2,18,19,21)/t14-/m0/s1. The molecule has 118 valence electrons. The van der Waals surface area contributed by atoms with E-state index in [-0.39, 0.29) is 12.1 Å². The first-order chi connectivity index (χ1) is 10.5. The van der Waals surface area contributed by atoms with Gasteiger partial charge in [-0.1, -0.05) is 12.1 Å². The number of rotatable bonds is 5. The summed E-state index contributed by atoms with van der Waals surface area (Å²) >= 11 is 0. The van der Waals surface area contributed by atoms with Gasteiger partial charge in [-0.15, -0.1) is 0 Å². The van der Waals surface area contributed by atoms with Crippen LogP contribution < -0.4 is 10.6 Å². The van der Waals surface area contributed by atoms with E-state index in [0.29, 0.717) is 17.9 Å². The molecule has 0 aliphatic carbocycles. The topological polar surface area (TPSA) is 67.2 Å². The molecule has 7 heteroatoms. The molecule has 2 aromatic rings. The molecule has 2 amide bonds. The van der Waals surface area contributed by atoms with Crippen LogP contribution in [0.4, 0.5) is 13.6 Å². The number of urea groups is 1. The normalized spacial score (nSPS) is 12.0. The summed E-state index contributed by atoms with van der Waals surface area (Å²) in [5.41, 5.74) is 0.832. The number of hydrogen-bond donors (Lipinski definition) is 2. The summed E-state index contributed by atoms with van der Waals surface area (Å²) in [6.45, 7) is 3.71. The van der Waals surface area contributed by atoms with Crippen molar-refractivity contribution in [1.82, 2.24) is 15.8 Å². The van der Waals surface area contributed by atoms with Gasteiger partial charge in [0.1, 0.15) is 11.6 Å². The second kappa shape index (κ2) is 7.02. The predicted molar refractivity (Wildman–Crippen MR) is 76.0 cm³/mol. The number of nitrogens with one attached hydrogen (secondary N) is 2. The molecular formula is C15H17F2N3O2. The van der Waals surface area contributed by atoms with Crippen LogP contribution in [0, 0.1) is 18.6 Å². The highest BCUT2D eigenvalue weighted by Gasteiger charge is 2.17. The van der Waals surface area contributed by atoms with Crippen molar-refractivity contribution in [2.24, 2.45) is 0 Å². The second-order valence-corrected chi connectivity index (χ2v) is 4.89. The Morgan fingerprint density at radius 1 is 1.36 bits per heavy atom. The van der Waals surface area contributed by atoms with Crippen LogP contribution in [0.25, 0.3) is 0 Å². The Labute approximate surface area is 126 Å². The lowest BCUT2D eigenvalue weighted by molar-refractivity contribution is 0.234. The van der Waals surface area contributed by atoms with E-state index >= 15 is 0 Å². The van der Waals surface area contributed by atoms with Crippen molar-refractivity contribution in [3.05, 3.63) is 52.9 Å². The van der Waals surface area contributed by atoms with Crippen molar-refractivity contribution in [3.63, 3.8) is 0 Å². The van der Waals surface area contributed by atoms with Crippen molar-refractivity contribution in [2.45, 2.75) is 32.9 Å². The third-order valence-electron chi connectivity index (χ3n) is 3.15. The van der Waals surface area contributed by atoms with Crippen molar-refractivity contribution < 1.29 is 18.1 Å². The Bertz CT molecular complexity index is 658. The quantitative estimate of drug-likeness (QED) is 0.891. The van der Waals surface area contributed by atoms with Gasteiger partial charge < -0.3 is 15.2 Å². The fourth-order valence-electron chi connectivity index (χ4n) is 2.06. The zero-order valence-corrected chi connectivity index (χ0v) is 12.3. The van der Waals surface area contributed by atoms with Crippen molar-refractivity contribution >= 4 is 6.03 Å². The number of carbonyl (C=O) groups is 1. The molecule has 0 spiro atoms. The van der Waals surface area contributed by atoms with Crippen molar-refractivity contribution in [2.75, 3.05) is 0 Å². The summed E-state index contributed by atoms with van der Waals surface area (Å²) in [5.74, 6) is -0.591. The lowest BCUT2D eigenvalue weighted by Gasteiger charge is -2.18. The van der Waals surface area contributed by atoms with Gasteiger partial charge in [-0.05, 0) is 31.5 Å². The Hall–Kier alpha value is -2.44. The third-order valence-corrected chi connectivity index (χ3v) is 3.15. The van der Waals surface area contributed by atoms with E-state index in [4.69, 9.17) is 4.52 Å². The van der Waals surface area contributed by atoms with Gasteiger partial charge in [0.25, 0.3) is 0 Å². The summed E-state index contributed by atoms with van der Waals surface area (Å²) in [4.78, 5) is 11.9. The average Bonchev–Trinajstić information content (AvgIpc) is 2.91. The zero-order chi connectivity index (χ0) is 16.1. The maximum absolute atomic E-state index is 13.7. The zero-order valence-electron chi connectivity index (χ0n) is 12.3. The Morgan fingerprint density at radius 3 is 2.77 bits per heavy atom. The maximum atomic E-state index is 13.7. The molecule has 1 aromatic heterocycles. The number of aryl methyl sites for hydroxylation is 1. The van der Waals surface area contributed by atoms with E-state index < -0.39 is 23.7 Å². The minimum absolute atomic E-state index is 0.119. The van der Waals surface area contributed by atoms with Crippen molar-refractivity contribution in [1.29, 1.82) is 0 Å². The van der Waals surface area contributed by atoms with E-state index in [1.807, 2.05) is 0 Å². The summed E-state index contributed by atoms with van der Waals surface area (Å²) in [5, 5.41) is 8.89. The molecule has 2 rings (SSSR count). The molecule has 0 fully saturated rings. The van der Waals surface area contributed by atoms with Gasteiger partial charge in [0, 0.05) is 11.6 Å². The van der Waals surface area contributed by atoms with Crippen LogP contribution in [0.3, 0.4) is 0 Å². The predicted octanol–water partition coefficient (Wildman–Crippen LogP) is 3.21. The minimum Gasteiger partial charge on any atom is -0.359 e. The second-order valence-electron chi connectivity index (χ2n) is 4.89. The van der Waals surface area contributed by atoms with Gasteiger partial charge in [-0.3, -0.25) is 0 Å². The minimum atomic E-state index is -0.618. The van der Waals surface area contributed by atoms with E-state index in [0.717, 1.165) is 18.2 Å². The lowest BCUT2D eigenvalue weighted by Crippen LogP contribution is -2.37. The van der Waals surface area contributed by atoms with Crippen LogP contribution >= 0.6 is 0 Å². The van der Waals surface area contributed by atoms with E-state index in [1.54, 1.807) is 19.9 Å². The highest BCUT2D eigenvalue weighted by atomic mass is 19.1. The molecule has 0 aliphatic heterocycles. The fourth-order valence-corrected chi connectivity index (χ4v) is 2.06. The SMILES string of the molecule is CC[C@H](NC(=O)NCc1cc(C)no1)c1cc(F)ccc1F. The molecule has 0 radical (unpaired) electrons. The van der Waals surface area contributed by atoms with Gasteiger partial charge in [-0.2, -0.15) is 0 Å². The molecule has 5 nitrogen and oxygen atoms in total. The third kappa shape index (κ3) is 4.03. The van der Waals surface area contributed by atoms with Crippen LogP contribution in [-0.4, -0.2) is 11.2 Å². The van der Waals surface area contributed by atoms with Crippen LogP contribution in [-0.2, 0) is 6.54 Å². The summed E-state index contributed by atoms with van der Waals surface area (Å²) in [6.07, 6.45) is 0.426. The monoisotopic (exact) mass is 309 g/mol. The van der Waals surface area contributed by atoms with Crippen LogP contribution in [0.15, 0.2) is 28.8 Å². The summed E-state index contributed by atoms with van der Waals surface area (Å²) in [7, 11) is 0. The summed E-state index contributed by atoms with van der Waals surface area (Å²) in [6, 6.07) is 3.76. The number of hydrogen-bond acceptors (Lipinski definition) is 3. The highest BCUT2D eigenvalue weighted by molar-refractivity contribution is 5.74. The largest absolute Gasteiger partial charge is 0.359 e. The van der Waals surface area contributed by atoms with Gasteiger partial charge in [0.2, 0.25) is 0 Å². The molecule has 0 saturated carbocycles.